The highest BCUT2D eigenvalue weighted by Crippen LogP contribution is 2.23. The van der Waals surface area contributed by atoms with Gasteiger partial charge in [0.25, 0.3) is 5.91 Å². The average Bonchev–Trinajstić information content (AvgIpc) is 2.68. The number of hydrogen-bond acceptors (Lipinski definition) is 5. The molecule has 0 bridgehead atoms. The summed E-state index contributed by atoms with van der Waals surface area (Å²) in [6.07, 6.45) is 3.97. The minimum Gasteiger partial charge on any atom is -0.390 e. The van der Waals surface area contributed by atoms with Crippen LogP contribution in [0.25, 0.3) is 0 Å². The van der Waals surface area contributed by atoms with Gasteiger partial charge in [-0.15, -0.1) is 0 Å². The van der Waals surface area contributed by atoms with Crippen LogP contribution in [0.5, 0.6) is 0 Å². The van der Waals surface area contributed by atoms with E-state index >= 15 is 0 Å². The van der Waals surface area contributed by atoms with Crippen LogP contribution in [-0.2, 0) is 13.0 Å². The Morgan fingerprint density at radius 1 is 1.28 bits per heavy atom. The van der Waals surface area contributed by atoms with Crippen LogP contribution in [0.4, 0.5) is 5.82 Å². The number of amides is 1. The number of rotatable bonds is 7. The van der Waals surface area contributed by atoms with Gasteiger partial charge in [-0.2, -0.15) is 0 Å². The molecule has 4 rings (SSSR count). The Morgan fingerprint density at radius 3 is 2.83 bits per heavy atom. The number of hydrogen-bond donors (Lipinski definition) is 3. The average molecular weight is 395 g/mol. The molecule has 2 aliphatic rings. The third-order valence-electron chi connectivity index (χ3n) is 5.85. The van der Waals surface area contributed by atoms with Crippen molar-refractivity contribution in [1.29, 1.82) is 0 Å². The van der Waals surface area contributed by atoms with Crippen LogP contribution in [0.3, 0.4) is 0 Å². The van der Waals surface area contributed by atoms with Gasteiger partial charge in [0.2, 0.25) is 0 Å². The van der Waals surface area contributed by atoms with Crippen LogP contribution in [0, 0.1) is 6.92 Å². The molecule has 1 saturated carbocycles. The van der Waals surface area contributed by atoms with Crippen LogP contribution in [0.2, 0.25) is 0 Å². The number of carbonyl (C=O) groups is 1. The first-order valence-electron chi connectivity index (χ1n) is 10.6. The molecule has 1 fully saturated rings. The maximum Gasteiger partial charge on any atom is 0.251 e. The summed E-state index contributed by atoms with van der Waals surface area (Å²) in [6, 6.07) is 12.5. The maximum atomic E-state index is 12.6. The molecule has 1 aliphatic heterocycles. The molecule has 1 aromatic carbocycles. The van der Waals surface area contributed by atoms with Crippen molar-refractivity contribution >= 4 is 11.7 Å². The fourth-order valence-electron chi connectivity index (χ4n) is 4.02. The van der Waals surface area contributed by atoms with Crippen molar-refractivity contribution in [3.63, 3.8) is 0 Å². The summed E-state index contributed by atoms with van der Waals surface area (Å²) in [7, 11) is 0. The zero-order valence-corrected chi connectivity index (χ0v) is 17.0. The molecule has 6 heteroatoms. The van der Waals surface area contributed by atoms with Gasteiger partial charge in [0.15, 0.2) is 0 Å². The van der Waals surface area contributed by atoms with Gasteiger partial charge in [-0.25, -0.2) is 4.98 Å². The van der Waals surface area contributed by atoms with E-state index < -0.39 is 6.10 Å². The second kappa shape index (κ2) is 8.93. The van der Waals surface area contributed by atoms with Crippen LogP contribution in [0.15, 0.2) is 36.4 Å². The number of aliphatic hydroxyl groups excluding tert-OH is 1. The molecule has 0 spiro atoms. The zero-order valence-electron chi connectivity index (χ0n) is 17.0. The summed E-state index contributed by atoms with van der Waals surface area (Å²) in [5, 5.41) is 16.7. The SMILES string of the molecule is Cc1cc(C(=O)NC[C@H](O)CN2CCc3ccccc3C2)cc(NC2CCC2)n1. The molecule has 6 nitrogen and oxygen atoms in total. The van der Waals surface area contributed by atoms with E-state index in [1.807, 2.05) is 6.92 Å². The number of benzene rings is 1. The third-order valence-corrected chi connectivity index (χ3v) is 5.85. The van der Waals surface area contributed by atoms with Crippen molar-refractivity contribution in [3.05, 3.63) is 58.8 Å². The number of anilines is 1. The predicted octanol–water partition coefficient (Wildman–Crippen LogP) is 2.50. The van der Waals surface area contributed by atoms with Crippen molar-refractivity contribution in [1.82, 2.24) is 15.2 Å². The third kappa shape index (κ3) is 5.14. The first kappa shape index (κ1) is 19.9. The smallest absolute Gasteiger partial charge is 0.251 e. The topological polar surface area (TPSA) is 77.5 Å². The van der Waals surface area contributed by atoms with E-state index in [2.05, 4.69) is 44.8 Å². The lowest BCUT2D eigenvalue weighted by Gasteiger charge is -2.30. The summed E-state index contributed by atoms with van der Waals surface area (Å²) in [6.45, 7) is 4.47. The second-order valence-electron chi connectivity index (χ2n) is 8.27. The Balaban J connectivity index is 1.28. The number of aromatic nitrogens is 1. The molecule has 1 aliphatic carbocycles. The highest BCUT2D eigenvalue weighted by atomic mass is 16.3. The molecule has 29 heavy (non-hydrogen) atoms. The summed E-state index contributed by atoms with van der Waals surface area (Å²) in [5.41, 5.74) is 4.12. The van der Waals surface area contributed by atoms with Crippen molar-refractivity contribution in [2.75, 3.05) is 25.0 Å². The van der Waals surface area contributed by atoms with Crippen LogP contribution < -0.4 is 10.6 Å². The van der Waals surface area contributed by atoms with Gasteiger partial charge < -0.3 is 15.7 Å². The van der Waals surface area contributed by atoms with E-state index in [1.54, 1.807) is 12.1 Å². The highest BCUT2D eigenvalue weighted by molar-refractivity contribution is 5.95. The highest BCUT2D eigenvalue weighted by Gasteiger charge is 2.20. The Labute approximate surface area is 172 Å². The van der Waals surface area contributed by atoms with E-state index in [-0.39, 0.29) is 12.5 Å². The van der Waals surface area contributed by atoms with Gasteiger partial charge in [0, 0.05) is 43.5 Å². The molecule has 154 valence electrons. The molecule has 1 atom stereocenters. The zero-order chi connectivity index (χ0) is 20.2. The standard InChI is InChI=1S/C23H30N4O2/c1-16-11-19(12-22(25-16)26-20-7-4-8-20)23(29)24-13-21(28)15-27-10-9-17-5-2-3-6-18(17)14-27/h2-3,5-6,11-12,20-21,28H,4,7-10,13-15H2,1H3,(H,24,29)(H,25,26)/t21-/m0/s1. The van der Waals surface area contributed by atoms with Gasteiger partial charge in [0.1, 0.15) is 5.82 Å². The molecule has 0 radical (unpaired) electrons. The number of pyridine rings is 1. The lowest BCUT2D eigenvalue weighted by Crippen LogP contribution is -2.42. The van der Waals surface area contributed by atoms with Crippen LogP contribution in [0.1, 0.15) is 46.4 Å². The van der Waals surface area contributed by atoms with E-state index in [4.69, 9.17) is 0 Å². The molecule has 1 amide bonds. The van der Waals surface area contributed by atoms with Crippen LogP contribution >= 0.6 is 0 Å². The van der Waals surface area contributed by atoms with Crippen molar-refractivity contribution < 1.29 is 9.90 Å². The van der Waals surface area contributed by atoms with Gasteiger partial charge in [-0.3, -0.25) is 9.69 Å². The van der Waals surface area contributed by atoms with Crippen LogP contribution in [-0.4, -0.2) is 52.7 Å². The van der Waals surface area contributed by atoms with E-state index in [9.17, 15) is 9.90 Å². The Morgan fingerprint density at radius 2 is 2.07 bits per heavy atom. The van der Waals surface area contributed by atoms with E-state index in [1.165, 1.54) is 17.5 Å². The molecule has 2 aromatic rings. The number of β-amino-alcohol motifs (C(OH)–C–C–N with tert-alkyl or cyclic N) is 1. The quantitative estimate of drug-likeness (QED) is 0.673. The summed E-state index contributed by atoms with van der Waals surface area (Å²) in [5.74, 6) is 0.586. The van der Waals surface area contributed by atoms with Crippen molar-refractivity contribution in [2.24, 2.45) is 0 Å². The molecular weight excluding hydrogens is 364 g/mol. The molecular formula is C23H30N4O2. The van der Waals surface area contributed by atoms with E-state index in [0.29, 0.717) is 18.2 Å². The number of aryl methyl sites for hydroxylation is 1. The van der Waals surface area contributed by atoms with Gasteiger partial charge in [-0.05, 0) is 55.9 Å². The number of aliphatic hydroxyl groups is 1. The predicted molar refractivity (Wildman–Crippen MR) is 114 cm³/mol. The molecule has 0 saturated heterocycles. The molecule has 2 heterocycles. The van der Waals surface area contributed by atoms with Crippen molar-refractivity contribution in [2.45, 2.75) is 51.3 Å². The Hall–Kier alpha value is -2.44. The van der Waals surface area contributed by atoms with E-state index in [0.717, 1.165) is 43.9 Å². The first-order valence-corrected chi connectivity index (χ1v) is 10.6. The minimum atomic E-state index is -0.597. The normalized spacial score (nSPS) is 17.9. The van der Waals surface area contributed by atoms with Gasteiger partial charge in [-0.1, -0.05) is 24.3 Å². The van der Waals surface area contributed by atoms with Crippen molar-refractivity contribution in [3.8, 4) is 0 Å². The van der Waals surface area contributed by atoms with Gasteiger partial charge in [0.05, 0.1) is 6.10 Å². The summed E-state index contributed by atoms with van der Waals surface area (Å²) < 4.78 is 0. The molecule has 3 N–H and O–H groups in total. The largest absolute Gasteiger partial charge is 0.390 e. The number of fused-ring (bicyclic) bond motifs is 1. The summed E-state index contributed by atoms with van der Waals surface area (Å²) in [4.78, 5) is 19.3. The monoisotopic (exact) mass is 394 g/mol. The minimum absolute atomic E-state index is 0.171. The Bertz CT molecular complexity index is 866. The lowest BCUT2D eigenvalue weighted by atomic mass is 9.93. The number of nitrogens with zero attached hydrogens (tertiary/aromatic N) is 2. The number of nitrogens with one attached hydrogen (secondary N) is 2. The summed E-state index contributed by atoms with van der Waals surface area (Å²) >= 11 is 0. The Kier molecular flexibility index (Phi) is 6.11. The number of carbonyl (C=O) groups excluding carboxylic acids is 1. The molecule has 0 unspecified atom stereocenters. The second-order valence-corrected chi connectivity index (χ2v) is 8.27. The van der Waals surface area contributed by atoms with Gasteiger partial charge >= 0.3 is 0 Å². The fraction of sp³-hybridized carbons (Fsp3) is 0.478. The molecule has 1 aromatic heterocycles. The maximum absolute atomic E-state index is 12.6. The fourth-order valence-corrected chi connectivity index (χ4v) is 4.02. The first-order chi connectivity index (χ1) is 14.1. The lowest BCUT2D eigenvalue weighted by molar-refractivity contribution is 0.0841.